The quantitative estimate of drug-likeness (QED) is 0.481. The molecule has 0 radical (unpaired) electrons. The molecule has 2 N–H and O–H groups in total. The Morgan fingerprint density at radius 2 is 1.61 bits per heavy atom. The van der Waals surface area contributed by atoms with Gasteiger partial charge in [0.2, 0.25) is 5.91 Å². The number of amides is 1. The first kappa shape index (κ1) is 20.8. The average molecular weight is 414 g/mol. The molecule has 5 nitrogen and oxygen atoms in total. The minimum absolute atomic E-state index is 0.0207. The Kier molecular flexibility index (Phi) is 5.87. The Labute approximate surface area is 182 Å². The Bertz CT molecular complexity index is 1140. The Morgan fingerprint density at radius 1 is 1.00 bits per heavy atom. The third-order valence-electron chi connectivity index (χ3n) is 5.76. The van der Waals surface area contributed by atoms with E-state index in [0.717, 1.165) is 27.7 Å². The Hall–Kier alpha value is -3.44. The van der Waals surface area contributed by atoms with Crippen LogP contribution in [0, 0.1) is 0 Å². The minimum Gasteiger partial charge on any atom is -0.373 e. The fourth-order valence-corrected chi connectivity index (χ4v) is 4.09. The molecule has 0 saturated heterocycles. The third kappa shape index (κ3) is 3.84. The van der Waals surface area contributed by atoms with Crippen molar-refractivity contribution in [2.45, 2.75) is 31.9 Å². The molecular formula is C26H27N3O2. The summed E-state index contributed by atoms with van der Waals surface area (Å²) in [6.07, 6.45) is 1.09. The molecule has 0 atom stereocenters. The molecule has 1 amide bonds. The lowest BCUT2D eigenvalue weighted by molar-refractivity contribution is -0.120. The number of rotatable bonds is 7. The smallest absolute Gasteiger partial charge is 0.220 e. The van der Waals surface area contributed by atoms with E-state index in [1.165, 1.54) is 0 Å². The number of fused-ring (bicyclic) bond motifs is 1. The lowest BCUT2D eigenvalue weighted by atomic mass is 9.85. The SMILES string of the molecule is CCn1c(C(O)(c2ccccc2)c2ccccc2)nc2ccc(CCC(=O)NC)cc21. The number of nitrogens with one attached hydrogen (secondary N) is 1. The zero-order valence-electron chi connectivity index (χ0n) is 17.9. The average Bonchev–Trinajstić information content (AvgIpc) is 3.21. The summed E-state index contributed by atoms with van der Waals surface area (Å²) in [5.74, 6) is 0.609. The van der Waals surface area contributed by atoms with Crippen molar-refractivity contribution in [2.24, 2.45) is 0 Å². The van der Waals surface area contributed by atoms with Crippen LogP contribution in [0.4, 0.5) is 0 Å². The number of carbonyl (C=O) groups is 1. The molecule has 31 heavy (non-hydrogen) atoms. The van der Waals surface area contributed by atoms with Gasteiger partial charge in [-0.2, -0.15) is 0 Å². The van der Waals surface area contributed by atoms with Gasteiger partial charge in [-0.15, -0.1) is 0 Å². The van der Waals surface area contributed by atoms with Gasteiger partial charge in [0.1, 0.15) is 0 Å². The van der Waals surface area contributed by atoms with Crippen LogP contribution in [0.3, 0.4) is 0 Å². The van der Waals surface area contributed by atoms with E-state index in [1.54, 1.807) is 7.05 Å². The van der Waals surface area contributed by atoms with Gasteiger partial charge < -0.3 is 15.0 Å². The van der Waals surface area contributed by atoms with Crippen molar-refractivity contribution in [1.82, 2.24) is 14.9 Å². The normalized spacial score (nSPS) is 11.6. The van der Waals surface area contributed by atoms with Crippen LogP contribution >= 0.6 is 0 Å². The molecule has 0 fully saturated rings. The predicted octanol–water partition coefficient (Wildman–Crippen LogP) is 4.02. The molecule has 0 aliphatic heterocycles. The summed E-state index contributed by atoms with van der Waals surface area (Å²) >= 11 is 0. The summed E-state index contributed by atoms with van der Waals surface area (Å²) in [7, 11) is 1.65. The number of hydrogen-bond donors (Lipinski definition) is 2. The molecule has 4 aromatic rings. The number of aliphatic hydroxyl groups is 1. The monoisotopic (exact) mass is 413 g/mol. The molecule has 1 heterocycles. The molecule has 0 aliphatic carbocycles. The van der Waals surface area contributed by atoms with Crippen LogP contribution in [0.1, 0.15) is 35.9 Å². The highest BCUT2D eigenvalue weighted by Crippen LogP contribution is 2.37. The van der Waals surface area contributed by atoms with Crippen molar-refractivity contribution in [3.63, 3.8) is 0 Å². The number of aryl methyl sites for hydroxylation is 2. The first-order valence-corrected chi connectivity index (χ1v) is 10.6. The summed E-state index contributed by atoms with van der Waals surface area (Å²) < 4.78 is 2.07. The summed E-state index contributed by atoms with van der Waals surface area (Å²) in [6.45, 7) is 2.71. The van der Waals surface area contributed by atoms with Crippen molar-refractivity contribution in [3.05, 3.63) is 101 Å². The van der Waals surface area contributed by atoms with Gasteiger partial charge in [-0.05, 0) is 42.2 Å². The standard InChI is InChI=1S/C26H27N3O2/c1-3-29-23-18-19(15-17-24(30)27-2)14-16-22(23)28-25(29)26(31,20-10-6-4-7-11-20)21-12-8-5-9-13-21/h4-14,16,18,31H,3,15,17H2,1-2H3,(H,27,30). The molecule has 158 valence electrons. The first-order chi connectivity index (χ1) is 15.1. The number of nitrogens with zero attached hydrogens (tertiary/aromatic N) is 2. The predicted molar refractivity (Wildman–Crippen MR) is 123 cm³/mol. The Balaban J connectivity index is 1.88. The Morgan fingerprint density at radius 3 is 2.16 bits per heavy atom. The lowest BCUT2D eigenvalue weighted by Crippen LogP contribution is -2.32. The van der Waals surface area contributed by atoms with Crippen LogP contribution in [-0.4, -0.2) is 27.6 Å². The second-order valence-electron chi connectivity index (χ2n) is 7.62. The van der Waals surface area contributed by atoms with E-state index in [4.69, 9.17) is 4.98 Å². The van der Waals surface area contributed by atoms with E-state index < -0.39 is 5.60 Å². The van der Waals surface area contributed by atoms with Crippen molar-refractivity contribution in [1.29, 1.82) is 0 Å². The molecule has 3 aromatic carbocycles. The zero-order valence-corrected chi connectivity index (χ0v) is 17.9. The molecule has 4 rings (SSSR count). The highest BCUT2D eigenvalue weighted by atomic mass is 16.3. The van der Waals surface area contributed by atoms with E-state index in [0.29, 0.717) is 25.2 Å². The maximum atomic E-state index is 12.2. The van der Waals surface area contributed by atoms with Gasteiger partial charge in [0.15, 0.2) is 11.4 Å². The highest BCUT2D eigenvalue weighted by Gasteiger charge is 2.38. The second kappa shape index (κ2) is 8.74. The van der Waals surface area contributed by atoms with E-state index in [1.807, 2.05) is 72.8 Å². The summed E-state index contributed by atoms with van der Waals surface area (Å²) in [5, 5.41) is 14.8. The maximum absolute atomic E-state index is 12.2. The van der Waals surface area contributed by atoms with Crippen molar-refractivity contribution in [2.75, 3.05) is 7.05 Å². The van der Waals surface area contributed by atoms with Crippen LogP contribution < -0.4 is 5.32 Å². The fourth-order valence-electron chi connectivity index (χ4n) is 4.09. The fraction of sp³-hybridized carbons (Fsp3) is 0.231. The van der Waals surface area contributed by atoms with Gasteiger partial charge in [-0.3, -0.25) is 4.79 Å². The molecule has 0 unspecified atom stereocenters. The van der Waals surface area contributed by atoms with Gasteiger partial charge in [-0.25, -0.2) is 4.98 Å². The van der Waals surface area contributed by atoms with Crippen LogP contribution in [-0.2, 0) is 23.4 Å². The molecule has 0 aliphatic rings. The number of hydrogen-bond acceptors (Lipinski definition) is 3. The third-order valence-corrected chi connectivity index (χ3v) is 5.76. The minimum atomic E-state index is -1.39. The number of imidazole rings is 1. The number of benzene rings is 3. The zero-order chi connectivity index (χ0) is 21.8. The van der Waals surface area contributed by atoms with Gasteiger partial charge in [-0.1, -0.05) is 66.7 Å². The van der Waals surface area contributed by atoms with Gasteiger partial charge in [0, 0.05) is 20.0 Å². The molecular weight excluding hydrogens is 386 g/mol. The van der Waals surface area contributed by atoms with Gasteiger partial charge in [0.25, 0.3) is 0 Å². The molecule has 0 spiro atoms. The second-order valence-corrected chi connectivity index (χ2v) is 7.62. The van der Waals surface area contributed by atoms with E-state index in [-0.39, 0.29) is 5.91 Å². The molecule has 0 saturated carbocycles. The lowest BCUT2D eigenvalue weighted by Gasteiger charge is -2.29. The van der Waals surface area contributed by atoms with Crippen LogP contribution in [0.25, 0.3) is 11.0 Å². The van der Waals surface area contributed by atoms with Crippen LogP contribution in [0.15, 0.2) is 78.9 Å². The van der Waals surface area contributed by atoms with E-state index in [2.05, 4.69) is 22.9 Å². The van der Waals surface area contributed by atoms with Crippen molar-refractivity contribution in [3.8, 4) is 0 Å². The first-order valence-electron chi connectivity index (χ1n) is 10.6. The summed E-state index contributed by atoms with van der Waals surface area (Å²) in [5.41, 5.74) is 3.00. The van der Waals surface area contributed by atoms with Gasteiger partial charge >= 0.3 is 0 Å². The van der Waals surface area contributed by atoms with Crippen molar-refractivity contribution < 1.29 is 9.90 Å². The van der Waals surface area contributed by atoms with Crippen LogP contribution in [0.2, 0.25) is 0 Å². The van der Waals surface area contributed by atoms with Gasteiger partial charge in [0.05, 0.1) is 11.0 Å². The highest BCUT2D eigenvalue weighted by molar-refractivity contribution is 5.79. The molecule has 1 aromatic heterocycles. The van der Waals surface area contributed by atoms with E-state index in [9.17, 15) is 9.90 Å². The van der Waals surface area contributed by atoms with Crippen LogP contribution in [0.5, 0.6) is 0 Å². The summed E-state index contributed by atoms with van der Waals surface area (Å²) in [6, 6.07) is 25.4. The molecule has 5 heteroatoms. The largest absolute Gasteiger partial charge is 0.373 e. The number of carbonyl (C=O) groups excluding carboxylic acids is 1. The van der Waals surface area contributed by atoms with Crippen molar-refractivity contribution >= 4 is 16.9 Å². The topological polar surface area (TPSA) is 67.1 Å². The van der Waals surface area contributed by atoms with E-state index >= 15 is 0 Å². The summed E-state index contributed by atoms with van der Waals surface area (Å²) in [4.78, 5) is 16.6. The maximum Gasteiger partial charge on any atom is 0.220 e. The molecule has 0 bridgehead atoms. The number of aromatic nitrogens is 2.